The van der Waals surface area contributed by atoms with E-state index in [0.29, 0.717) is 22.4 Å². The van der Waals surface area contributed by atoms with E-state index in [0.717, 1.165) is 32.4 Å². The van der Waals surface area contributed by atoms with Gasteiger partial charge in [-0.2, -0.15) is 0 Å². The summed E-state index contributed by atoms with van der Waals surface area (Å²) in [4.78, 5) is 22.0. The van der Waals surface area contributed by atoms with Gasteiger partial charge in [0.05, 0.1) is 5.02 Å². The standard InChI is InChI=1S/C17H18ClN3O3/c18-13-6-2-3-7-14(13)24-11-15-19-10-12(17(22)23)16(20-15)21-8-4-1-5-9-21/h2-3,6-7,10H,1,4-5,8-9,11H2,(H,22,23). The first-order valence-corrected chi connectivity index (χ1v) is 8.24. The van der Waals surface area contributed by atoms with Crippen molar-refractivity contribution in [3.05, 3.63) is 46.9 Å². The van der Waals surface area contributed by atoms with Crippen LogP contribution in [0.1, 0.15) is 35.4 Å². The number of rotatable bonds is 5. The van der Waals surface area contributed by atoms with Crippen LogP contribution in [-0.2, 0) is 6.61 Å². The van der Waals surface area contributed by atoms with Crippen LogP contribution in [0.3, 0.4) is 0 Å². The number of para-hydroxylation sites is 1. The highest BCUT2D eigenvalue weighted by Crippen LogP contribution is 2.25. The van der Waals surface area contributed by atoms with Crippen molar-refractivity contribution in [3.63, 3.8) is 0 Å². The van der Waals surface area contributed by atoms with Crippen LogP contribution in [0, 0.1) is 0 Å². The van der Waals surface area contributed by atoms with E-state index in [4.69, 9.17) is 16.3 Å². The lowest BCUT2D eigenvalue weighted by molar-refractivity contribution is 0.0696. The van der Waals surface area contributed by atoms with Crippen LogP contribution in [0.5, 0.6) is 5.75 Å². The molecule has 2 aromatic rings. The number of anilines is 1. The Balaban J connectivity index is 1.81. The Bertz CT molecular complexity index is 733. The van der Waals surface area contributed by atoms with Crippen LogP contribution < -0.4 is 9.64 Å². The van der Waals surface area contributed by atoms with Gasteiger partial charge in [0, 0.05) is 19.3 Å². The minimum atomic E-state index is -1.02. The Morgan fingerprint density at radius 2 is 2.00 bits per heavy atom. The maximum Gasteiger partial charge on any atom is 0.341 e. The van der Waals surface area contributed by atoms with Gasteiger partial charge in [0.15, 0.2) is 5.82 Å². The molecular formula is C17H18ClN3O3. The molecule has 1 aromatic heterocycles. The van der Waals surface area contributed by atoms with E-state index >= 15 is 0 Å². The van der Waals surface area contributed by atoms with Crippen LogP contribution in [0.4, 0.5) is 5.82 Å². The number of hydrogen-bond acceptors (Lipinski definition) is 5. The van der Waals surface area contributed by atoms with E-state index < -0.39 is 5.97 Å². The molecule has 0 atom stereocenters. The smallest absolute Gasteiger partial charge is 0.341 e. The Morgan fingerprint density at radius 1 is 1.25 bits per heavy atom. The number of aromatic nitrogens is 2. The van der Waals surface area contributed by atoms with Gasteiger partial charge in [-0.05, 0) is 31.4 Å². The molecule has 7 heteroatoms. The first-order chi connectivity index (χ1) is 11.6. The zero-order valence-corrected chi connectivity index (χ0v) is 13.9. The fraction of sp³-hybridized carbons (Fsp3) is 0.353. The predicted octanol–water partition coefficient (Wildman–Crippen LogP) is 3.40. The third-order valence-electron chi connectivity index (χ3n) is 3.90. The second-order valence-corrected chi connectivity index (χ2v) is 6.00. The number of halogens is 1. The largest absolute Gasteiger partial charge is 0.484 e. The van der Waals surface area contributed by atoms with Crippen molar-refractivity contribution in [3.8, 4) is 5.75 Å². The summed E-state index contributed by atoms with van der Waals surface area (Å²) in [6, 6.07) is 7.15. The van der Waals surface area contributed by atoms with Gasteiger partial charge in [-0.25, -0.2) is 14.8 Å². The summed E-state index contributed by atoms with van der Waals surface area (Å²) in [5.41, 5.74) is 0.124. The summed E-state index contributed by atoms with van der Waals surface area (Å²) in [6.45, 7) is 1.74. The minimum absolute atomic E-state index is 0.124. The Hall–Kier alpha value is -2.34. The predicted molar refractivity (Wildman–Crippen MR) is 90.8 cm³/mol. The lowest BCUT2D eigenvalue weighted by Crippen LogP contribution is -2.32. The van der Waals surface area contributed by atoms with Crippen LogP contribution in [0.2, 0.25) is 5.02 Å². The Labute approximate surface area is 145 Å². The van der Waals surface area contributed by atoms with E-state index in [1.807, 2.05) is 17.0 Å². The summed E-state index contributed by atoms with van der Waals surface area (Å²) in [5, 5.41) is 9.89. The highest BCUT2D eigenvalue weighted by Gasteiger charge is 2.21. The molecule has 6 nitrogen and oxygen atoms in total. The summed E-state index contributed by atoms with van der Waals surface area (Å²) < 4.78 is 5.64. The molecule has 1 saturated heterocycles. The molecule has 0 bridgehead atoms. The molecule has 0 spiro atoms. The zero-order chi connectivity index (χ0) is 16.9. The van der Waals surface area contributed by atoms with E-state index in [9.17, 15) is 9.90 Å². The van der Waals surface area contributed by atoms with Crippen molar-refractivity contribution >= 4 is 23.4 Å². The molecule has 0 aliphatic carbocycles. The number of aromatic carboxylic acids is 1. The second-order valence-electron chi connectivity index (χ2n) is 5.60. The molecule has 2 heterocycles. The van der Waals surface area contributed by atoms with Crippen molar-refractivity contribution in [1.29, 1.82) is 0 Å². The normalized spacial score (nSPS) is 14.5. The van der Waals surface area contributed by atoms with Crippen LogP contribution in [0.15, 0.2) is 30.5 Å². The second kappa shape index (κ2) is 7.49. The summed E-state index contributed by atoms with van der Waals surface area (Å²) in [6.07, 6.45) is 4.58. The Morgan fingerprint density at radius 3 is 2.71 bits per heavy atom. The fourth-order valence-corrected chi connectivity index (χ4v) is 2.87. The topological polar surface area (TPSA) is 75.5 Å². The zero-order valence-electron chi connectivity index (χ0n) is 13.1. The van der Waals surface area contributed by atoms with Crippen molar-refractivity contribution in [2.45, 2.75) is 25.9 Å². The third-order valence-corrected chi connectivity index (χ3v) is 4.21. The number of benzene rings is 1. The average molecular weight is 348 g/mol. The maximum absolute atomic E-state index is 11.4. The van der Waals surface area contributed by atoms with E-state index in [-0.39, 0.29) is 12.2 Å². The van der Waals surface area contributed by atoms with Crippen LogP contribution in [-0.4, -0.2) is 34.1 Å². The third kappa shape index (κ3) is 3.76. The number of piperidine rings is 1. The first kappa shape index (κ1) is 16.5. The SMILES string of the molecule is O=C(O)c1cnc(COc2ccccc2Cl)nc1N1CCCCC1. The number of carboxylic acids is 1. The molecule has 1 N–H and O–H groups in total. The lowest BCUT2D eigenvalue weighted by Gasteiger charge is -2.28. The molecule has 126 valence electrons. The number of hydrogen-bond donors (Lipinski definition) is 1. The summed E-state index contributed by atoms with van der Waals surface area (Å²) >= 11 is 6.06. The Kier molecular flexibility index (Phi) is 5.15. The highest BCUT2D eigenvalue weighted by atomic mass is 35.5. The fourth-order valence-electron chi connectivity index (χ4n) is 2.68. The van der Waals surface area contributed by atoms with Gasteiger partial charge >= 0.3 is 5.97 Å². The average Bonchev–Trinajstić information content (AvgIpc) is 2.61. The number of ether oxygens (including phenoxy) is 1. The van der Waals surface area contributed by atoms with Crippen molar-refractivity contribution in [2.75, 3.05) is 18.0 Å². The molecule has 3 rings (SSSR count). The molecule has 0 amide bonds. The first-order valence-electron chi connectivity index (χ1n) is 7.86. The van der Waals surface area contributed by atoms with Gasteiger partial charge in [0.25, 0.3) is 0 Å². The highest BCUT2D eigenvalue weighted by molar-refractivity contribution is 6.32. The molecule has 0 saturated carbocycles. The van der Waals surface area contributed by atoms with Crippen LogP contribution >= 0.6 is 11.6 Å². The van der Waals surface area contributed by atoms with Gasteiger partial charge in [-0.1, -0.05) is 23.7 Å². The van der Waals surface area contributed by atoms with Gasteiger partial charge < -0.3 is 14.7 Å². The number of carboxylic acid groups (broad SMARTS) is 1. The number of carbonyl (C=O) groups is 1. The molecule has 0 radical (unpaired) electrons. The minimum Gasteiger partial charge on any atom is -0.484 e. The molecule has 0 unspecified atom stereocenters. The molecule has 1 fully saturated rings. The molecular weight excluding hydrogens is 330 g/mol. The molecule has 24 heavy (non-hydrogen) atoms. The van der Waals surface area contributed by atoms with Gasteiger partial charge in [-0.15, -0.1) is 0 Å². The van der Waals surface area contributed by atoms with Gasteiger partial charge in [-0.3, -0.25) is 0 Å². The monoisotopic (exact) mass is 347 g/mol. The van der Waals surface area contributed by atoms with E-state index in [2.05, 4.69) is 9.97 Å². The van der Waals surface area contributed by atoms with E-state index in [1.54, 1.807) is 12.1 Å². The summed E-state index contributed by atoms with van der Waals surface area (Å²) in [7, 11) is 0. The molecule has 1 aliphatic rings. The van der Waals surface area contributed by atoms with Crippen molar-refractivity contribution in [1.82, 2.24) is 9.97 Å². The van der Waals surface area contributed by atoms with Gasteiger partial charge in [0.2, 0.25) is 0 Å². The van der Waals surface area contributed by atoms with Crippen LogP contribution in [0.25, 0.3) is 0 Å². The van der Waals surface area contributed by atoms with E-state index in [1.165, 1.54) is 6.20 Å². The lowest BCUT2D eigenvalue weighted by atomic mass is 10.1. The van der Waals surface area contributed by atoms with Gasteiger partial charge in [0.1, 0.15) is 23.7 Å². The number of nitrogens with zero attached hydrogens (tertiary/aromatic N) is 3. The van der Waals surface area contributed by atoms with Crippen molar-refractivity contribution < 1.29 is 14.6 Å². The quantitative estimate of drug-likeness (QED) is 0.893. The summed E-state index contributed by atoms with van der Waals surface area (Å²) in [5.74, 6) is 0.425. The van der Waals surface area contributed by atoms with Crippen molar-refractivity contribution in [2.24, 2.45) is 0 Å². The molecule has 1 aromatic carbocycles. The molecule has 1 aliphatic heterocycles. The maximum atomic E-state index is 11.4.